The highest BCUT2D eigenvalue weighted by atomic mass is 127. The fourth-order valence-corrected chi connectivity index (χ4v) is 2.66. The van der Waals surface area contributed by atoms with Crippen LogP contribution in [0.25, 0.3) is 0 Å². The first-order valence-electron chi connectivity index (χ1n) is 7.65. The van der Waals surface area contributed by atoms with E-state index >= 15 is 0 Å². The van der Waals surface area contributed by atoms with E-state index in [2.05, 4.69) is 10.3 Å². The first-order chi connectivity index (χ1) is 11.6. The lowest BCUT2D eigenvalue weighted by molar-refractivity contribution is -0.384. The summed E-state index contributed by atoms with van der Waals surface area (Å²) in [4.78, 5) is 14.7. The Morgan fingerprint density at radius 1 is 1.32 bits per heavy atom. The van der Waals surface area contributed by atoms with Gasteiger partial charge in [0.05, 0.1) is 24.1 Å². The summed E-state index contributed by atoms with van der Waals surface area (Å²) < 4.78 is 5.62. The number of nitrogens with zero attached hydrogens (tertiary/aromatic N) is 2. The first-order valence-corrected chi connectivity index (χ1v) is 7.65. The Kier molecular flexibility index (Phi) is 6.57. The minimum absolute atomic E-state index is 0. The molecule has 132 valence electrons. The van der Waals surface area contributed by atoms with Crippen LogP contribution in [0.4, 0.5) is 5.69 Å². The van der Waals surface area contributed by atoms with Gasteiger partial charge in [-0.3, -0.25) is 10.1 Å². The fourth-order valence-electron chi connectivity index (χ4n) is 2.66. The van der Waals surface area contributed by atoms with Crippen LogP contribution in [0.3, 0.4) is 0 Å². The first kappa shape index (κ1) is 19.0. The molecule has 0 saturated heterocycles. The van der Waals surface area contributed by atoms with Crippen LogP contribution in [0.15, 0.2) is 53.5 Å². The fraction of sp³-hybridized carbons (Fsp3) is 0.235. The number of para-hydroxylation sites is 1. The van der Waals surface area contributed by atoms with E-state index in [1.54, 1.807) is 12.1 Å². The maximum atomic E-state index is 10.8. The second-order valence-corrected chi connectivity index (χ2v) is 5.50. The van der Waals surface area contributed by atoms with Crippen LogP contribution < -0.4 is 15.8 Å². The number of nitrogens with one attached hydrogen (secondary N) is 1. The van der Waals surface area contributed by atoms with Crippen molar-refractivity contribution in [3.05, 3.63) is 69.8 Å². The highest BCUT2D eigenvalue weighted by Crippen LogP contribution is 2.31. The van der Waals surface area contributed by atoms with E-state index in [-0.39, 0.29) is 42.3 Å². The minimum atomic E-state index is -0.423. The van der Waals surface area contributed by atoms with E-state index < -0.39 is 4.92 Å². The van der Waals surface area contributed by atoms with Gasteiger partial charge in [-0.05, 0) is 11.6 Å². The van der Waals surface area contributed by atoms with E-state index in [0.29, 0.717) is 12.6 Å². The van der Waals surface area contributed by atoms with Gasteiger partial charge >= 0.3 is 0 Å². The molecular weight excluding hydrogens is 435 g/mol. The normalized spacial score (nSPS) is 16.2. The van der Waals surface area contributed by atoms with Crippen LogP contribution in [0.5, 0.6) is 5.75 Å². The van der Waals surface area contributed by atoms with Gasteiger partial charge in [-0.2, -0.15) is 0 Å². The molecule has 1 unspecified atom stereocenters. The van der Waals surface area contributed by atoms with Gasteiger partial charge in [-0.1, -0.05) is 30.3 Å². The SMILES string of the molecule is I.NC(=NCc1cccc([N+](=O)[O-])c1)NC1CCOc2ccccc21. The zero-order chi connectivity index (χ0) is 16.9. The topological polar surface area (TPSA) is 103 Å². The maximum Gasteiger partial charge on any atom is 0.269 e. The van der Waals surface area contributed by atoms with Gasteiger partial charge in [-0.25, -0.2) is 4.99 Å². The molecule has 3 rings (SSSR count). The summed E-state index contributed by atoms with van der Waals surface area (Å²) in [5, 5.41) is 14.0. The van der Waals surface area contributed by atoms with Crippen LogP contribution in [0.2, 0.25) is 0 Å². The number of fused-ring (bicyclic) bond motifs is 1. The highest BCUT2D eigenvalue weighted by Gasteiger charge is 2.21. The van der Waals surface area contributed by atoms with E-state index in [1.807, 2.05) is 24.3 Å². The van der Waals surface area contributed by atoms with Crippen molar-refractivity contribution in [1.82, 2.24) is 5.32 Å². The Balaban J connectivity index is 0.00000225. The standard InChI is InChI=1S/C17H18N4O3.HI/c18-17(19-11-12-4-3-5-13(10-12)21(22)23)20-15-8-9-24-16-7-2-1-6-14(15)16;/h1-7,10,15H,8-9,11H2,(H3,18,19,20);1H. The minimum Gasteiger partial charge on any atom is -0.493 e. The van der Waals surface area contributed by atoms with Crippen LogP contribution in [0, 0.1) is 10.1 Å². The third-order valence-electron chi connectivity index (χ3n) is 3.83. The van der Waals surface area contributed by atoms with Gasteiger partial charge in [0.1, 0.15) is 5.75 Å². The number of hydrogen-bond donors (Lipinski definition) is 2. The molecule has 0 aliphatic carbocycles. The third kappa shape index (κ3) is 4.81. The molecule has 2 aromatic carbocycles. The van der Waals surface area contributed by atoms with Crippen LogP contribution in [0.1, 0.15) is 23.6 Å². The molecule has 0 saturated carbocycles. The maximum absolute atomic E-state index is 10.8. The lowest BCUT2D eigenvalue weighted by Crippen LogP contribution is -2.37. The second-order valence-electron chi connectivity index (χ2n) is 5.50. The van der Waals surface area contributed by atoms with Crippen molar-refractivity contribution in [2.24, 2.45) is 10.7 Å². The molecule has 1 atom stereocenters. The molecule has 25 heavy (non-hydrogen) atoms. The lowest BCUT2D eigenvalue weighted by Gasteiger charge is -2.26. The number of nitrogens with two attached hydrogens (primary N) is 1. The molecule has 0 radical (unpaired) electrons. The molecule has 1 heterocycles. The van der Waals surface area contributed by atoms with Crippen molar-refractivity contribution >= 4 is 35.6 Å². The van der Waals surface area contributed by atoms with Crippen molar-refractivity contribution in [3.63, 3.8) is 0 Å². The summed E-state index contributed by atoms with van der Waals surface area (Å²) in [7, 11) is 0. The summed E-state index contributed by atoms with van der Waals surface area (Å²) in [6.45, 7) is 0.901. The third-order valence-corrected chi connectivity index (χ3v) is 3.83. The Bertz CT molecular complexity index is 782. The molecule has 1 aliphatic rings. The largest absolute Gasteiger partial charge is 0.493 e. The van der Waals surface area contributed by atoms with Gasteiger partial charge in [0, 0.05) is 24.1 Å². The summed E-state index contributed by atoms with van der Waals surface area (Å²) in [5.41, 5.74) is 7.81. The number of nitro benzene ring substituents is 1. The van der Waals surface area contributed by atoms with Gasteiger partial charge in [0.2, 0.25) is 0 Å². The zero-order valence-electron chi connectivity index (χ0n) is 13.4. The number of nitro groups is 1. The Morgan fingerprint density at radius 3 is 2.92 bits per heavy atom. The summed E-state index contributed by atoms with van der Waals surface area (Å²) in [6.07, 6.45) is 0.796. The van der Waals surface area contributed by atoms with E-state index in [0.717, 1.165) is 23.3 Å². The molecule has 0 amide bonds. The molecule has 7 nitrogen and oxygen atoms in total. The van der Waals surface area contributed by atoms with E-state index in [1.165, 1.54) is 12.1 Å². The molecule has 2 aromatic rings. The van der Waals surface area contributed by atoms with Crippen molar-refractivity contribution < 1.29 is 9.66 Å². The van der Waals surface area contributed by atoms with Crippen LogP contribution >= 0.6 is 24.0 Å². The Labute approximate surface area is 162 Å². The highest BCUT2D eigenvalue weighted by molar-refractivity contribution is 14.0. The van der Waals surface area contributed by atoms with Gasteiger partial charge < -0.3 is 15.8 Å². The average molecular weight is 454 g/mol. The predicted octanol–water partition coefficient (Wildman–Crippen LogP) is 3.14. The molecule has 0 bridgehead atoms. The summed E-state index contributed by atoms with van der Waals surface area (Å²) >= 11 is 0. The number of aliphatic imine (C=N–C) groups is 1. The molecule has 8 heteroatoms. The van der Waals surface area contributed by atoms with Crippen molar-refractivity contribution in [2.45, 2.75) is 19.0 Å². The number of guanidine groups is 1. The number of benzene rings is 2. The molecule has 0 aromatic heterocycles. The summed E-state index contributed by atoms with van der Waals surface area (Å²) in [6, 6.07) is 14.2. The van der Waals surface area contributed by atoms with E-state index in [4.69, 9.17) is 10.5 Å². The number of ether oxygens (including phenoxy) is 1. The van der Waals surface area contributed by atoms with E-state index in [9.17, 15) is 10.1 Å². The van der Waals surface area contributed by atoms with Gasteiger partial charge in [0.15, 0.2) is 5.96 Å². The average Bonchev–Trinajstić information content (AvgIpc) is 2.60. The molecule has 0 spiro atoms. The molecular formula is C17H19IN4O3. The van der Waals surface area contributed by atoms with Crippen LogP contribution in [-0.2, 0) is 6.54 Å². The predicted molar refractivity (Wildman–Crippen MR) is 106 cm³/mol. The van der Waals surface area contributed by atoms with Crippen LogP contribution in [-0.4, -0.2) is 17.5 Å². The van der Waals surface area contributed by atoms with Crippen molar-refractivity contribution in [2.75, 3.05) is 6.61 Å². The molecule has 0 fully saturated rings. The number of non-ortho nitro benzene ring substituents is 1. The quantitative estimate of drug-likeness (QED) is 0.243. The second kappa shape index (κ2) is 8.65. The Hall–Kier alpha value is -2.36. The Morgan fingerprint density at radius 2 is 2.12 bits per heavy atom. The molecule has 1 aliphatic heterocycles. The smallest absolute Gasteiger partial charge is 0.269 e. The van der Waals surface area contributed by atoms with Crippen molar-refractivity contribution in [3.8, 4) is 5.75 Å². The molecule has 3 N–H and O–H groups in total. The number of halogens is 1. The van der Waals surface area contributed by atoms with Gasteiger partial charge in [0.25, 0.3) is 5.69 Å². The zero-order valence-corrected chi connectivity index (χ0v) is 15.8. The van der Waals surface area contributed by atoms with Crippen molar-refractivity contribution in [1.29, 1.82) is 0 Å². The monoisotopic (exact) mass is 454 g/mol. The van der Waals surface area contributed by atoms with Gasteiger partial charge in [-0.15, -0.1) is 24.0 Å². The lowest BCUT2D eigenvalue weighted by atomic mass is 10.0. The number of rotatable bonds is 4. The number of hydrogen-bond acceptors (Lipinski definition) is 4. The summed E-state index contributed by atoms with van der Waals surface area (Å²) in [5.74, 6) is 1.16.